The molecule has 0 atom stereocenters. The largest absolute Gasteiger partial charge is 0.496 e. The van der Waals surface area contributed by atoms with Crippen molar-refractivity contribution in [3.63, 3.8) is 0 Å². The number of hydrogen-bond donors (Lipinski definition) is 1. The van der Waals surface area contributed by atoms with Gasteiger partial charge in [-0.05, 0) is 0 Å². The lowest BCUT2D eigenvalue weighted by Gasteiger charge is -2.14. The van der Waals surface area contributed by atoms with Crippen LogP contribution in [-0.4, -0.2) is 52.9 Å². The molecule has 0 saturated carbocycles. The second kappa shape index (κ2) is 9.31. The molecular formula is C14H20ClNO5. The molecule has 21 heavy (non-hydrogen) atoms. The predicted octanol–water partition coefficient (Wildman–Crippen LogP) is 1.70. The van der Waals surface area contributed by atoms with Crippen molar-refractivity contribution >= 4 is 17.5 Å². The minimum atomic E-state index is -0.276. The first-order chi connectivity index (χ1) is 10.2. The van der Waals surface area contributed by atoms with Gasteiger partial charge in [0, 0.05) is 24.6 Å². The minimum Gasteiger partial charge on any atom is -0.496 e. The molecule has 0 bridgehead atoms. The quantitative estimate of drug-likeness (QED) is 0.554. The van der Waals surface area contributed by atoms with E-state index in [-0.39, 0.29) is 5.91 Å². The number of benzene rings is 1. The summed E-state index contributed by atoms with van der Waals surface area (Å²) in [7, 11) is 4.51. The van der Waals surface area contributed by atoms with E-state index in [2.05, 4.69) is 5.32 Å². The number of alkyl halides is 1. The number of hydrogen-bond acceptors (Lipinski definition) is 5. The van der Waals surface area contributed by atoms with Gasteiger partial charge >= 0.3 is 0 Å². The number of ether oxygens (including phenoxy) is 4. The molecule has 1 rings (SSSR count). The lowest BCUT2D eigenvalue weighted by molar-refractivity contribution is 0.0920. The van der Waals surface area contributed by atoms with Crippen LogP contribution in [0.15, 0.2) is 12.1 Å². The van der Waals surface area contributed by atoms with Gasteiger partial charge < -0.3 is 24.3 Å². The fraction of sp³-hybridized carbons (Fsp3) is 0.500. The summed E-state index contributed by atoms with van der Waals surface area (Å²) < 4.78 is 20.7. The Balaban J connectivity index is 2.77. The SMILES string of the molecule is COc1cc(OC)c(C(=O)NCCOCCCl)cc1OC. The van der Waals surface area contributed by atoms with Crippen molar-refractivity contribution < 1.29 is 23.7 Å². The van der Waals surface area contributed by atoms with Crippen molar-refractivity contribution in [1.82, 2.24) is 5.32 Å². The molecule has 1 N–H and O–H groups in total. The maximum Gasteiger partial charge on any atom is 0.255 e. The fourth-order valence-corrected chi connectivity index (χ4v) is 1.80. The van der Waals surface area contributed by atoms with E-state index in [1.807, 2.05) is 0 Å². The molecule has 1 aromatic carbocycles. The molecule has 0 spiro atoms. The minimum absolute atomic E-state index is 0.276. The van der Waals surface area contributed by atoms with Gasteiger partial charge in [0.1, 0.15) is 5.75 Å². The van der Waals surface area contributed by atoms with Crippen molar-refractivity contribution in [1.29, 1.82) is 0 Å². The maximum atomic E-state index is 12.2. The standard InChI is InChI=1S/C14H20ClNO5/c1-18-11-9-13(20-3)12(19-2)8-10(11)14(17)16-5-7-21-6-4-15/h8-9H,4-7H2,1-3H3,(H,16,17). The van der Waals surface area contributed by atoms with Crippen LogP contribution in [0.25, 0.3) is 0 Å². The number of carbonyl (C=O) groups excluding carboxylic acids is 1. The topological polar surface area (TPSA) is 66.0 Å². The van der Waals surface area contributed by atoms with E-state index in [0.717, 1.165) is 0 Å². The third-order valence-electron chi connectivity index (χ3n) is 2.70. The summed E-state index contributed by atoms with van der Waals surface area (Å²) >= 11 is 5.49. The average Bonchev–Trinajstić information content (AvgIpc) is 2.52. The molecule has 6 nitrogen and oxygen atoms in total. The van der Waals surface area contributed by atoms with Crippen molar-refractivity contribution in [2.75, 3.05) is 47.0 Å². The van der Waals surface area contributed by atoms with Crippen LogP contribution in [-0.2, 0) is 4.74 Å². The van der Waals surface area contributed by atoms with Gasteiger partial charge in [-0.1, -0.05) is 0 Å². The van der Waals surface area contributed by atoms with Gasteiger partial charge in [-0.15, -0.1) is 11.6 Å². The van der Waals surface area contributed by atoms with E-state index in [1.54, 1.807) is 12.1 Å². The molecule has 0 aliphatic heterocycles. The van der Waals surface area contributed by atoms with Crippen LogP contribution in [0.3, 0.4) is 0 Å². The third kappa shape index (κ3) is 4.99. The van der Waals surface area contributed by atoms with Gasteiger partial charge in [0.05, 0.1) is 40.1 Å². The van der Waals surface area contributed by atoms with Gasteiger partial charge in [0.2, 0.25) is 0 Å². The summed E-state index contributed by atoms with van der Waals surface area (Å²) in [6.45, 7) is 1.23. The summed E-state index contributed by atoms with van der Waals surface area (Å²) in [5, 5.41) is 2.74. The lowest BCUT2D eigenvalue weighted by Crippen LogP contribution is -2.27. The monoisotopic (exact) mass is 317 g/mol. The highest BCUT2D eigenvalue weighted by Crippen LogP contribution is 2.34. The van der Waals surface area contributed by atoms with E-state index in [9.17, 15) is 4.79 Å². The highest BCUT2D eigenvalue weighted by atomic mass is 35.5. The Morgan fingerprint density at radius 1 is 1.05 bits per heavy atom. The van der Waals surface area contributed by atoms with Crippen LogP contribution in [0.5, 0.6) is 17.2 Å². The molecule has 0 heterocycles. The number of halogens is 1. The predicted molar refractivity (Wildman–Crippen MR) is 80.0 cm³/mol. The normalized spacial score (nSPS) is 10.1. The molecule has 0 aliphatic rings. The van der Waals surface area contributed by atoms with Crippen LogP contribution >= 0.6 is 11.6 Å². The summed E-state index contributed by atoms with van der Waals surface area (Å²) in [6.07, 6.45) is 0. The number of nitrogens with one attached hydrogen (secondary N) is 1. The van der Waals surface area contributed by atoms with Crippen molar-refractivity contribution in [3.05, 3.63) is 17.7 Å². The summed E-state index contributed by atoms with van der Waals surface area (Å²) in [5.41, 5.74) is 0.368. The smallest absolute Gasteiger partial charge is 0.255 e. The molecule has 0 radical (unpaired) electrons. The Kier molecular flexibility index (Phi) is 7.71. The maximum absolute atomic E-state index is 12.2. The molecule has 0 aromatic heterocycles. The van der Waals surface area contributed by atoms with E-state index in [4.69, 9.17) is 30.5 Å². The van der Waals surface area contributed by atoms with E-state index < -0.39 is 0 Å². The molecular weight excluding hydrogens is 298 g/mol. The first-order valence-electron chi connectivity index (χ1n) is 6.39. The average molecular weight is 318 g/mol. The Bertz CT molecular complexity index is 467. The Morgan fingerprint density at radius 3 is 2.24 bits per heavy atom. The molecule has 118 valence electrons. The Labute approximate surface area is 129 Å². The van der Waals surface area contributed by atoms with E-state index in [0.29, 0.717) is 48.5 Å². The summed E-state index contributed by atoms with van der Waals surface area (Å²) in [4.78, 5) is 12.2. The molecule has 0 fully saturated rings. The van der Waals surface area contributed by atoms with E-state index in [1.165, 1.54) is 21.3 Å². The lowest BCUT2D eigenvalue weighted by atomic mass is 10.1. The summed E-state index contributed by atoms with van der Waals surface area (Å²) in [5.74, 6) is 1.52. The zero-order chi connectivity index (χ0) is 15.7. The van der Waals surface area contributed by atoms with Gasteiger partial charge in [-0.2, -0.15) is 0 Å². The van der Waals surface area contributed by atoms with Crippen LogP contribution < -0.4 is 19.5 Å². The zero-order valence-electron chi connectivity index (χ0n) is 12.4. The molecule has 0 aliphatic carbocycles. The van der Waals surface area contributed by atoms with Crippen molar-refractivity contribution in [3.8, 4) is 17.2 Å². The highest BCUT2D eigenvalue weighted by Gasteiger charge is 2.17. The first-order valence-corrected chi connectivity index (χ1v) is 6.93. The highest BCUT2D eigenvalue weighted by molar-refractivity contribution is 6.17. The van der Waals surface area contributed by atoms with Crippen LogP contribution in [0.4, 0.5) is 0 Å². The number of amides is 1. The third-order valence-corrected chi connectivity index (χ3v) is 2.86. The molecule has 1 amide bonds. The Hall–Kier alpha value is -1.66. The molecule has 7 heteroatoms. The number of rotatable bonds is 9. The fourth-order valence-electron chi connectivity index (χ4n) is 1.70. The molecule has 0 saturated heterocycles. The van der Waals surface area contributed by atoms with Gasteiger partial charge in [0.15, 0.2) is 11.5 Å². The van der Waals surface area contributed by atoms with Gasteiger partial charge in [-0.25, -0.2) is 0 Å². The summed E-state index contributed by atoms with van der Waals surface area (Å²) in [6, 6.07) is 3.18. The first kappa shape index (κ1) is 17.4. The molecule has 1 aromatic rings. The van der Waals surface area contributed by atoms with Gasteiger partial charge in [-0.3, -0.25) is 4.79 Å². The van der Waals surface area contributed by atoms with Crippen molar-refractivity contribution in [2.24, 2.45) is 0 Å². The van der Waals surface area contributed by atoms with E-state index >= 15 is 0 Å². The van der Waals surface area contributed by atoms with Crippen LogP contribution in [0, 0.1) is 0 Å². The second-order valence-corrected chi connectivity index (χ2v) is 4.34. The Morgan fingerprint density at radius 2 is 1.67 bits per heavy atom. The van der Waals surface area contributed by atoms with Crippen LogP contribution in [0.2, 0.25) is 0 Å². The van der Waals surface area contributed by atoms with Crippen molar-refractivity contribution in [2.45, 2.75) is 0 Å². The number of carbonyl (C=O) groups is 1. The zero-order valence-corrected chi connectivity index (χ0v) is 13.2. The van der Waals surface area contributed by atoms with Crippen LogP contribution in [0.1, 0.15) is 10.4 Å². The molecule has 0 unspecified atom stereocenters. The number of methoxy groups -OCH3 is 3. The van der Waals surface area contributed by atoms with Gasteiger partial charge in [0.25, 0.3) is 5.91 Å². The second-order valence-electron chi connectivity index (χ2n) is 3.96.